The lowest BCUT2D eigenvalue weighted by Gasteiger charge is -2.10. The molecule has 3 rings (SSSR count). The molecule has 126 valence electrons. The third-order valence-corrected chi connectivity index (χ3v) is 3.31. The van der Waals surface area contributed by atoms with Gasteiger partial charge >= 0.3 is 6.36 Å². The molecule has 0 fully saturated rings. The highest BCUT2D eigenvalue weighted by Gasteiger charge is 2.31. The molecule has 0 saturated heterocycles. The van der Waals surface area contributed by atoms with Crippen LogP contribution in [0.15, 0.2) is 54.9 Å². The van der Waals surface area contributed by atoms with Gasteiger partial charge in [-0.25, -0.2) is 9.67 Å². The van der Waals surface area contributed by atoms with Gasteiger partial charge in [-0.15, -0.1) is 13.2 Å². The second-order valence-electron chi connectivity index (χ2n) is 5.06. The summed E-state index contributed by atoms with van der Waals surface area (Å²) in [4.78, 5) is 4.12. The van der Waals surface area contributed by atoms with Gasteiger partial charge in [0, 0.05) is 6.20 Å². The van der Waals surface area contributed by atoms with Crippen molar-refractivity contribution in [3.63, 3.8) is 0 Å². The molecule has 0 unspecified atom stereocenters. The molecule has 0 bridgehead atoms. The first-order chi connectivity index (χ1) is 11.9. The van der Waals surface area contributed by atoms with E-state index in [1.54, 1.807) is 29.2 Å². The maximum atomic E-state index is 12.2. The minimum absolute atomic E-state index is 0.281. The van der Waals surface area contributed by atoms with Crippen LogP contribution in [0.2, 0.25) is 0 Å². The summed E-state index contributed by atoms with van der Waals surface area (Å²) in [5, 5.41) is 4.23. The van der Waals surface area contributed by atoms with Crippen molar-refractivity contribution in [2.24, 2.45) is 0 Å². The second-order valence-corrected chi connectivity index (χ2v) is 5.06. The van der Waals surface area contributed by atoms with Crippen LogP contribution in [0, 0.1) is 18.8 Å². The largest absolute Gasteiger partial charge is 0.573 e. The van der Waals surface area contributed by atoms with Gasteiger partial charge < -0.3 is 4.74 Å². The van der Waals surface area contributed by atoms with Crippen LogP contribution in [0.4, 0.5) is 13.2 Å². The van der Waals surface area contributed by atoms with Crippen LogP contribution in [0.1, 0.15) is 17.0 Å². The molecule has 2 aromatic heterocycles. The van der Waals surface area contributed by atoms with E-state index in [0.717, 1.165) is 5.69 Å². The lowest BCUT2D eigenvalue weighted by atomic mass is 10.2. The highest BCUT2D eigenvalue weighted by Crippen LogP contribution is 2.24. The van der Waals surface area contributed by atoms with E-state index in [9.17, 15) is 13.2 Å². The molecule has 2 heterocycles. The topological polar surface area (TPSA) is 39.9 Å². The Bertz CT molecular complexity index is 920. The molecule has 3 aromatic rings. The van der Waals surface area contributed by atoms with Gasteiger partial charge in [0.1, 0.15) is 11.4 Å². The molecular formula is C18H12F3N3O. The number of nitrogens with zero attached hydrogens (tertiary/aromatic N) is 3. The van der Waals surface area contributed by atoms with E-state index >= 15 is 0 Å². The summed E-state index contributed by atoms with van der Waals surface area (Å²) in [5.74, 6) is 5.65. The third-order valence-electron chi connectivity index (χ3n) is 3.31. The quantitative estimate of drug-likeness (QED) is 0.663. The smallest absolute Gasteiger partial charge is 0.406 e. The van der Waals surface area contributed by atoms with Crippen molar-refractivity contribution in [1.29, 1.82) is 0 Å². The molecule has 0 saturated carbocycles. The molecule has 0 aliphatic carbocycles. The Balaban J connectivity index is 1.83. The van der Waals surface area contributed by atoms with Crippen molar-refractivity contribution in [1.82, 2.24) is 14.8 Å². The van der Waals surface area contributed by atoms with Gasteiger partial charge in [0.15, 0.2) is 0 Å². The number of halogens is 3. The molecular weight excluding hydrogens is 331 g/mol. The highest BCUT2D eigenvalue weighted by atomic mass is 19.4. The number of rotatable bonds is 2. The first-order valence-electron chi connectivity index (χ1n) is 7.26. The second kappa shape index (κ2) is 6.69. The maximum absolute atomic E-state index is 12.2. The van der Waals surface area contributed by atoms with E-state index in [2.05, 4.69) is 26.7 Å². The van der Waals surface area contributed by atoms with Gasteiger partial charge in [-0.1, -0.05) is 12.0 Å². The summed E-state index contributed by atoms with van der Waals surface area (Å²) in [6.07, 6.45) is -1.45. The molecule has 0 amide bonds. The zero-order chi connectivity index (χ0) is 17.9. The van der Waals surface area contributed by atoms with Crippen molar-refractivity contribution in [2.45, 2.75) is 13.3 Å². The average Bonchev–Trinajstić information content (AvgIpc) is 2.94. The van der Waals surface area contributed by atoms with Crippen molar-refractivity contribution >= 4 is 0 Å². The standard InChI is InChI=1S/C18H12F3N3O/c1-13-14(5-6-15-4-2-3-11-22-15)12-23-24(13)16-7-9-17(10-8-16)25-18(19,20)21/h2-4,7-12H,1H3. The van der Waals surface area contributed by atoms with Crippen LogP contribution in [-0.2, 0) is 0 Å². The zero-order valence-electron chi connectivity index (χ0n) is 13.1. The highest BCUT2D eigenvalue weighted by molar-refractivity contribution is 5.45. The predicted octanol–water partition coefficient (Wildman–Crippen LogP) is 3.87. The summed E-state index contributed by atoms with van der Waals surface area (Å²) in [5.41, 5.74) is 2.73. The first kappa shape index (κ1) is 16.6. The van der Waals surface area contributed by atoms with Crippen LogP contribution in [0.3, 0.4) is 0 Å². The SMILES string of the molecule is Cc1c(C#Cc2ccccn2)cnn1-c1ccc(OC(F)(F)F)cc1. The van der Waals surface area contributed by atoms with E-state index in [4.69, 9.17) is 0 Å². The first-order valence-corrected chi connectivity index (χ1v) is 7.26. The number of hydrogen-bond acceptors (Lipinski definition) is 3. The fourth-order valence-electron chi connectivity index (χ4n) is 2.15. The molecule has 0 N–H and O–H groups in total. The minimum atomic E-state index is -4.71. The third kappa shape index (κ3) is 4.18. The normalized spacial score (nSPS) is 10.9. The maximum Gasteiger partial charge on any atom is 0.573 e. The summed E-state index contributed by atoms with van der Waals surface area (Å²) in [7, 11) is 0. The minimum Gasteiger partial charge on any atom is -0.406 e. The Kier molecular flexibility index (Phi) is 4.44. The van der Waals surface area contributed by atoms with E-state index < -0.39 is 6.36 Å². The Morgan fingerprint density at radius 2 is 1.80 bits per heavy atom. The molecule has 0 aliphatic rings. The number of ether oxygens (including phenoxy) is 1. The Hall–Kier alpha value is -3.27. The van der Waals surface area contributed by atoms with Crippen LogP contribution in [-0.4, -0.2) is 21.1 Å². The van der Waals surface area contributed by atoms with Crippen LogP contribution in [0.5, 0.6) is 5.75 Å². The fourth-order valence-corrected chi connectivity index (χ4v) is 2.15. The number of benzene rings is 1. The zero-order valence-corrected chi connectivity index (χ0v) is 13.1. The summed E-state index contributed by atoms with van der Waals surface area (Å²) >= 11 is 0. The van der Waals surface area contributed by atoms with Crippen LogP contribution < -0.4 is 4.74 Å². The molecule has 4 nitrogen and oxygen atoms in total. The van der Waals surface area contributed by atoms with Crippen molar-refractivity contribution in [3.05, 3.63) is 71.8 Å². The van der Waals surface area contributed by atoms with Gasteiger partial charge in [-0.2, -0.15) is 5.10 Å². The van der Waals surface area contributed by atoms with Crippen molar-refractivity contribution in [2.75, 3.05) is 0 Å². The van der Waals surface area contributed by atoms with Crippen molar-refractivity contribution < 1.29 is 17.9 Å². The number of pyridine rings is 1. The molecule has 7 heteroatoms. The van der Waals surface area contributed by atoms with Gasteiger partial charge in [0.25, 0.3) is 0 Å². The Morgan fingerprint density at radius 1 is 1.04 bits per heavy atom. The molecule has 0 spiro atoms. The number of alkyl halides is 3. The van der Waals surface area contributed by atoms with Crippen LogP contribution in [0.25, 0.3) is 5.69 Å². The molecule has 0 radical (unpaired) electrons. The summed E-state index contributed by atoms with van der Waals surface area (Å²) in [6, 6.07) is 10.9. The predicted molar refractivity (Wildman–Crippen MR) is 85.2 cm³/mol. The number of hydrogen-bond donors (Lipinski definition) is 0. The van der Waals surface area contributed by atoms with Crippen molar-refractivity contribution in [3.8, 4) is 23.3 Å². The van der Waals surface area contributed by atoms with Crippen LogP contribution >= 0.6 is 0 Å². The van der Waals surface area contributed by atoms with Gasteiger partial charge in [-0.3, -0.25) is 0 Å². The average molecular weight is 343 g/mol. The van der Waals surface area contributed by atoms with Gasteiger partial charge in [0.05, 0.1) is 23.1 Å². The van der Waals surface area contributed by atoms with Gasteiger partial charge in [-0.05, 0) is 49.2 Å². The lowest BCUT2D eigenvalue weighted by molar-refractivity contribution is -0.274. The van der Waals surface area contributed by atoms with Gasteiger partial charge in [0.2, 0.25) is 0 Å². The fraction of sp³-hybridized carbons (Fsp3) is 0.111. The summed E-state index contributed by atoms with van der Waals surface area (Å²) < 4.78 is 42.0. The molecule has 0 atom stereocenters. The summed E-state index contributed by atoms with van der Waals surface area (Å²) in [6.45, 7) is 1.83. The molecule has 0 aliphatic heterocycles. The van der Waals surface area contributed by atoms with E-state index in [-0.39, 0.29) is 5.75 Å². The van der Waals surface area contributed by atoms with E-state index in [0.29, 0.717) is 16.9 Å². The number of aromatic nitrogens is 3. The van der Waals surface area contributed by atoms with E-state index in [1.165, 1.54) is 24.3 Å². The molecule has 25 heavy (non-hydrogen) atoms. The molecule has 1 aromatic carbocycles. The Labute approximate surface area is 141 Å². The lowest BCUT2D eigenvalue weighted by Crippen LogP contribution is -2.17. The Morgan fingerprint density at radius 3 is 2.44 bits per heavy atom. The monoisotopic (exact) mass is 343 g/mol. The van der Waals surface area contributed by atoms with E-state index in [1.807, 2.05) is 13.0 Å².